The predicted octanol–water partition coefficient (Wildman–Crippen LogP) is 2.25. The molecule has 0 spiro atoms. The van der Waals surface area contributed by atoms with Crippen LogP contribution in [-0.2, 0) is 13.2 Å². The fraction of sp³-hybridized carbons (Fsp3) is 0.381. The van der Waals surface area contributed by atoms with E-state index in [1.165, 1.54) is 0 Å². The Kier molecular flexibility index (Phi) is 6.32. The van der Waals surface area contributed by atoms with Crippen molar-refractivity contribution in [2.24, 2.45) is 5.73 Å². The van der Waals surface area contributed by atoms with Crippen molar-refractivity contribution >= 4 is 5.91 Å². The molecule has 27 heavy (non-hydrogen) atoms. The number of carbonyl (C=O) groups excluding carboxylic acids is 1. The van der Waals surface area contributed by atoms with Crippen LogP contribution in [-0.4, -0.2) is 42.2 Å². The third-order valence-corrected chi connectivity index (χ3v) is 4.55. The summed E-state index contributed by atoms with van der Waals surface area (Å²) in [5.41, 5.74) is 8.80. The standard InChI is InChI=1S/C21H26N2O4/c1-15-3-5-18(20(11-15)26-9-2-7-22)21(25)23-8-10-27-19-6-4-16(14-24)12-17(19)13-23/h3-6,11-12,24H,2,7-10,13-14,22H2,1H3. The highest BCUT2D eigenvalue weighted by molar-refractivity contribution is 5.97. The lowest BCUT2D eigenvalue weighted by Gasteiger charge is -2.22. The lowest BCUT2D eigenvalue weighted by atomic mass is 10.1. The number of carbonyl (C=O) groups is 1. The van der Waals surface area contributed by atoms with Crippen molar-refractivity contribution in [2.75, 3.05) is 26.3 Å². The second-order valence-corrected chi connectivity index (χ2v) is 6.67. The van der Waals surface area contributed by atoms with Gasteiger partial charge in [-0.25, -0.2) is 0 Å². The Balaban J connectivity index is 1.84. The minimum Gasteiger partial charge on any atom is -0.493 e. The molecule has 0 saturated carbocycles. The zero-order valence-electron chi connectivity index (χ0n) is 15.6. The molecule has 0 aliphatic carbocycles. The number of amides is 1. The fourth-order valence-electron chi connectivity index (χ4n) is 3.08. The number of benzene rings is 2. The van der Waals surface area contributed by atoms with Crippen LogP contribution in [0.5, 0.6) is 11.5 Å². The van der Waals surface area contributed by atoms with Gasteiger partial charge in [0.25, 0.3) is 5.91 Å². The first-order chi connectivity index (χ1) is 13.1. The molecule has 0 bridgehead atoms. The molecule has 0 fully saturated rings. The molecule has 1 aliphatic rings. The van der Waals surface area contributed by atoms with E-state index in [4.69, 9.17) is 15.2 Å². The molecule has 0 unspecified atom stereocenters. The maximum Gasteiger partial charge on any atom is 0.258 e. The summed E-state index contributed by atoms with van der Waals surface area (Å²) in [6.07, 6.45) is 0.733. The number of ether oxygens (including phenoxy) is 2. The van der Waals surface area contributed by atoms with Crippen LogP contribution in [0, 0.1) is 6.92 Å². The molecule has 0 atom stereocenters. The van der Waals surface area contributed by atoms with Gasteiger partial charge in [0.2, 0.25) is 0 Å². The molecule has 1 heterocycles. The lowest BCUT2D eigenvalue weighted by Crippen LogP contribution is -2.32. The van der Waals surface area contributed by atoms with E-state index in [9.17, 15) is 9.90 Å². The van der Waals surface area contributed by atoms with Crippen LogP contribution < -0.4 is 15.2 Å². The Hall–Kier alpha value is -2.57. The highest BCUT2D eigenvalue weighted by Crippen LogP contribution is 2.28. The lowest BCUT2D eigenvalue weighted by molar-refractivity contribution is 0.0728. The van der Waals surface area contributed by atoms with Gasteiger partial charge in [0.05, 0.1) is 25.3 Å². The maximum absolute atomic E-state index is 13.2. The largest absolute Gasteiger partial charge is 0.493 e. The Morgan fingerprint density at radius 3 is 2.93 bits per heavy atom. The van der Waals surface area contributed by atoms with Crippen molar-refractivity contribution in [3.05, 3.63) is 58.7 Å². The van der Waals surface area contributed by atoms with Crippen LogP contribution in [0.25, 0.3) is 0 Å². The molecular weight excluding hydrogens is 344 g/mol. The molecule has 1 aliphatic heterocycles. The number of rotatable bonds is 6. The van der Waals surface area contributed by atoms with Gasteiger partial charge in [-0.3, -0.25) is 4.79 Å². The first-order valence-corrected chi connectivity index (χ1v) is 9.20. The van der Waals surface area contributed by atoms with Gasteiger partial charge in [0.1, 0.15) is 18.1 Å². The number of aliphatic hydroxyl groups excluding tert-OH is 1. The quantitative estimate of drug-likeness (QED) is 0.762. The molecular formula is C21H26N2O4. The molecule has 3 N–H and O–H groups in total. The van der Waals surface area contributed by atoms with E-state index < -0.39 is 0 Å². The van der Waals surface area contributed by atoms with E-state index in [0.717, 1.165) is 28.9 Å². The second-order valence-electron chi connectivity index (χ2n) is 6.67. The van der Waals surface area contributed by atoms with Crippen LogP contribution in [0.1, 0.15) is 33.5 Å². The second kappa shape index (κ2) is 8.88. The van der Waals surface area contributed by atoms with E-state index >= 15 is 0 Å². The number of aryl methyl sites for hydroxylation is 1. The third kappa shape index (κ3) is 4.59. The Bertz CT molecular complexity index is 807. The Labute approximate surface area is 159 Å². The van der Waals surface area contributed by atoms with Crippen molar-refractivity contribution in [1.82, 2.24) is 4.90 Å². The van der Waals surface area contributed by atoms with Gasteiger partial charge in [0.15, 0.2) is 0 Å². The highest BCUT2D eigenvalue weighted by atomic mass is 16.5. The minimum atomic E-state index is -0.0939. The van der Waals surface area contributed by atoms with Crippen molar-refractivity contribution in [3.63, 3.8) is 0 Å². The Morgan fingerprint density at radius 1 is 1.30 bits per heavy atom. The van der Waals surface area contributed by atoms with Gasteiger partial charge < -0.3 is 25.2 Å². The van der Waals surface area contributed by atoms with Gasteiger partial charge in [0, 0.05) is 12.1 Å². The molecule has 2 aromatic carbocycles. The SMILES string of the molecule is Cc1ccc(C(=O)N2CCOc3ccc(CO)cc3C2)c(OCCCN)c1. The number of hydrogen-bond acceptors (Lipinski definition) is 5. The zero-order chi connectivity index (χ0) is 19.2. The number of aliphatic hydroxyl groups is 1. The summed E-state index contributed by atoms with van der Waals surface area (Å²) < 4.78 is 11.6. The van der Waals surface area contributed by atoms with Gasteiger partial charge >= 0.3 is 0 Å². The van der Waals surface area contributed by atoms with E-state index in [1.807, 2.05) is 43.3 Å². The van der Waals surface area contributed by atoms with Crippen molar-refractivity contribution < 1.29 is 19.4 Å². The zero-order valence-corrected chi connectivity index (χ0v) is 15.6. The van der Waals surface area contributed by atoms with E-state index in [1.54, 1.807) is 4.90 Å². The average molecular weight is 370 g/mol. The normalized spacial score (nSPS) is 13.5. The maximum atomic E-state index is 13.2. The summed E-state index contributed by atoms with van der Waals surface area (Å²) in [7, 11) is 0. The molecule has 0 radical (unpaired) electrons. The molecule has 6 heteroatoms. The van der Waals surface area contributed by atoms with Crippen molar-refractivity contribution in [2.45, 2.75) is 26.5 Å². The summed E-state index contributed by atoms with van der Waals surface area (Å²) >= 11 is 0. The first kappa shape index (κ1) is 19.2. The van der Waals surface area contributed by atoms with Gasteiger partial charge in [-0.05, 0) is 55.3 Å². The summed E-state index contributed by atoms with van der Waals surface area (Å²) in [6, 6.07) is 11.2. The fourth-order valence-corrected chi connectivity index (χ4v) is 3.08. The first-order valence-electron chi connectivity index (χ1n) is 9.20. The smallest absolute Gasteiger partial charge is 0.258 e. The van der Waals surface area contributed by atoms with Gasteiger partial charge in [-0.15, -0.1) is 0 Å². The molecule has 144 valence electrons. The highest BCUT2D eigenvalue weighted by Gasteiger charge is 2.24. The molecule has 1 amide bonds. The predicted molar refractivity (Wildman–Crippen MR) is 103 cm³/mol. The molecule has 0 aromatic heterocycles. The number of nitrogens with zero attached hydrogens (tertiary/aromatic N) is 1. The summed E-state index contributed by atoms with van der Waals surface area (Å²) in [5.74, 6) is 1.25. The van der Waals surface area contributed by atoms with E-state index in [-0.39, 0.29) is 12.5 Å². The monoisotopic (exact) mass is 370 g/mol. The van der Waals surface area contributed by atoms with Crippen LogP contribution in [0.3, 0.4) is 0 Å². The van der Waals surface area contributed by atoms with Crippen LogP contribution >= 0.6 is 0 Å². The number of nitrogens with two attached hydrogens (primary N) is 1. The van der Waals surface area contributed by atoms with E-state index in [2.05, 4.69) is 0 Å². The molecule has 3 rings (SSSR count). The minimum absolute atomic E-state index is 0.0433. The van der Waals surface area contributed by atoms with Crippen molar-refractivity contribution in [1.29, 1.82) is 0 Å². The molecule has 6 nitrogen and oxygen atoms in total. The topological polar surface area (TPSA) is 85.0 Å². The third-order valence-electron chi connectivity index (χ3n) is 4.55. The summed E-state index contributed by atoms with van der Waals surface area (Å²) in [4.78, 5) is 15.0. The summed E-state index contributed by atoms with van der Waals surface area (Å²) in [5, 5.41) is 9.38. The van der Waals surface area contributed by atoms with Gasteiger partial charge in [-0.2, -0.15) is 0 Å². The van der Waals surface area contributed by atoms with Gasteiger partial charge in [-0.1, -0.05) is 12.1 Å². The van der Waals surface area contributed by atoms with Crippen LogP contribution in [0.4, 0.5) is 0 Å². The molecule has 2 aromatic rings. The van der Waals surface area contributed by atoms with E-state index in [0.29, 0.717) is 44.2 Å². The van der Waals surface area contributed by atoms with Crippen molar-refractivity contribution in [3.8, 4) is 11.5 Å². The van der Waals surface area contributed by atoms with Crippen LogP contribution in [0.2, 0.25) is 0 Å². The number of fused-ring (bicyclic) bond motifs is 1. The molecule has 0 saturated heterocycles. The summed E-state index contributed by atoms with van der Waals surface area (Å²) in [6.45, 7) is 4.28. The van der Waals surface area contributed by atoms with Crippen LogP contribution in [0.15, 0.2) is 36.4 Å². The Morgan fingerprint density at radius 2 is 2.15 bits per heavy atom. The average Bonchev–Trinajstić information content (AvgIpc) is 2.89. The number of hydrogen-bond donors (Lipinski definition) is 2.